The summed E-state index contributed by atoms with van der Waals surface area (Å²) >= 11 is 0. The van der Waals surface area contributed by atoms with Crippen molar-refractivity contribution in [2.45, 2.75) is 26.0 Å². The van der Waals surface area contributed by atoms with Gasteiger partial charge in [-0.1, -0.05) is 20.8 Å². The number of hydrogen-bond donors (Lipinski definition) is 1. The van der Waals surface area contributed by atoms with Gasteiger partial charge in [-0.25, -0.2) is 8.42 Å². The van der Waals surface area contributed by atoms with Gasteiger partial charge in [-0.15, -0.1) is 0 Å². The summed E-state index contributed by atoms with van der Waals surface area (Å²) in [6.07, 6.45) is 0.956. The molecule has 0 bridgehead atoms. The molecule has 5 heteroatoms. The van der Waals surface area contributed by atoms with E-state index in [1.165, 1.54) is 0 Å². The molecule has 78 valence electrons. The van der Waals surface area contributed by atoms with Gasteiger partial charge in [-0.3, -0.25) is 4.79 Å². The zero-order valence-electron chi connectivity index (χ0n) is 8.36. The maximum absolute atomic E-state index is 11.5. The standard InChI is InChI=1S/C8H16O4S/c1-8(2,3)7(10)6(5-9)13(4,11)12/h6,9H,5H2,1-4H3. The molecule has 0 radical (unpaired) electrons. The molecule has 0 heterocycles. The van der Waals surface area contributed by atoms with Crippen LogP contribution in [0.15, 0.2) is 0 Å². The first-order valence-corrected chi connectivity index (χ1v) is 5.90. The van der Waals surface area contributed by atoms with Gasteiger partial charge in [0.15, 0.2) is 15.6 Å². The van der Waals surface area contributed by atoms with Crippen LogP contribution in [0.3, 0.4) is 0 Å². The van der Waals surface area contributed by atoms with Gasteiger partial charge in [-0.2, -0.15) is 0 Å². The molecule has 13 heavy (non-hydrogen) atoms. The van der Waals surface area contributed by atoms with Gasteiger partial charge in [0.25, 0.3) is 0 Å². The van der Waals surface area contributed by atoms with Crippen molar-refractivity contribution in [3.8, 4) is 0 Å². The van der Waals surface area contributed by atoms with Crippen molar-refractivity contribution in [1.82, 2.24) is 0 Å². The molecule has 1 atom stereocenters. The molecule has 1 unspecified atom stereocenters. The van der Waals surface area contributed by atoms with Crippen molar-refractivity contribution in [3.05, 3.63) is 0 Å². The predicted octanol–water partition coefficient (Wildman–Crippen LogP) is 0.00710. The summed E-state index contributed by atoms with van der Waals surface area (Å²) in [5.41, 5.74) is -0.740. The van der Waals surface area contributed by atoms with E-state index < -0.39 is 32.9 Å². The lowest BCUT2D eigenvalue weighted by Crippen LogP contribution is -2.40. The topological polar surface area (TPSA) is 71.4 Å². The largest absolute Gasteiger partial charge is 0.395 e. The molecule has 0 aromatic carbocycles. The first-order chi connectivity index (χ1) is 5.60. The van der Waals surface area contributed by atoms with E-state index in [1.807, 2.05) is 0 Å². The average Bonchev–Trinajstić information content (AvgIpc) is 1.83. The number of sulfone groups is 1. The quantitative estimate of drug-likeness (QED) is 0.709. The Morgan fingerprint density at radius 3 is 1.85 bits per heavy atom. The third-order valence-corrected chi connectivity index (χ3v) is 3.11. The number of carbonyl (C=O) groups is 1. The van der Waals surface area contributed by atoms with E-state index >= 15 is 0 Å². The Hall–Kier alpha value is -0.420. The minimum Gasteiger partial charge on any atom is -0.395 e. The number of carbonyl (C=O) groups excluding carboxylic acids is 1. The average molecular weight is 208 g/mol. The molecule has 4 nitrogen and oxygen atoms in total. The van der Waals surface area contributed by atoms with E-state index in [9.17, 15) is 13.2 Å². The second kappa shape index (κ2) is 3.75. The molecular formula is C8H16O4S. The van der Waals surface area contributed by atoms with Crippen LogP contribution in [-0.2, 0) is 14.6 Å². The maximum Gasteiger partial charge on any atom is 0.159 e. The number of aliphatic hydroxyl groups excluding tert-OH is 1. The van der Waals surface area contributed by atoms with Crippen molar-refractivity contribution in [2.24, 2.45) is 5.41 Å². The van der Waals surface area contributed by atoms with Gasteiger partial charge >= 0.3 is 0 Å². The number of rotatable bonds is 3. The zero-order chi connectivity index (χ0) is 10.9. The summed E-state index contributed by atoms with van der Waals surface area (Å²) in [5, 5.41) is 7.51. The summed E-state index contributed by atoms with van der Waals surface area (Å²) in [4.78, 5) is 11.5. The normalized spacial score (nSPS) is 15.5. The van der Waals surface area contributed by atoms with Gasteiger partial charge in [0.1, 0.15) is 5.25 Å². The lowest BCUT2D eigenvalue weighted by Gasteiger charge is -2.21. The summed E-state index contributed by atoms with van der Waals surface area (Å²) in [6.45, 7) is 4.24. The number of aliphatic hydroxyl groups is 1. The molecule has 0 aromatic rings. The van der Waals surface area contributed by atoms with E-state index in [1.54, 1.807) is 20.8 Å². The predicted molar refractivity (Wildman–Crippen MR) is 50.2 cm³/mol. The van der Waals surface area contributed by atoms with Crippen LogP contribution in [0.2, 0.25) is 0 Å². The summed E-state index contributed by atoms with van der Waals surface area (Å²) < 4.78 is 22.1. The maximum atomic E-state index is 11.5. The SMILES string of the molecule is CC(C)(C)C(=O)C(CO)S(C)(=O)=O. The highest BCUT2D eigenvalue weighted by Crippen LogP contribution is 2.19. The van der Waals surface area contributed by atoms with Crippen LogP contribution >= 0.6 is 0 Å². The van der Waals surface area contributed by atoms with Gasteiger partial charge in [-0.05, 0) is 0 Å². The lowest BCUT2D eigenvalue weighted by atomic mass is 9.89. The van der Waals surface area contributed by atoms with Crippen LogP contribution in [0.5, 0.6) is 0 Å². The molecule has 0 aliphatic rings. The third-order valence-electron chi connectivity index (χ3n) is 1.71. The fraction of sp³-hybridized carbons (Fsp3) is 0.875. The molecule has 0 aliphatic carbocycles. The van der Waals surface area contributed by atoms with E-state index in [0.29, 0.717) is 0 Å². The van der Waals surface area contributed by atoms with E-state index in [2.05, 4.69) is 0 Å². The van der Waals surface area contributed by atoms with Crippen molar-refractivity contribution in [1.29, 1.82) is 0 Å². The fourth-order valence-electron chi connectivity index (χ4n) is 0.896. The van der Waals surface area contributed by atoms with Gasteiger partial charge < -0.3 is 5.11 Å². The molecule has 0 aromatic heterocycles. The highest BCUT2D eigenvalue weighted by molar-refractivity contribution is 7.92. The Morgan fingerprint density at radius 1 is 1.38 bits per heavy atom. The summed E-state index contributed by atoms with van der Waals surface area (Å²) in [7, 11) is -3.50. The molecule has 0 fully saturated rings. The van der Waals surface area contributed by atoms with E-state index in [0.717, 1.165) is 6.26 Å². The molecule has 0 saturated carbocycles. The van der Waals surface area contributed by atoms with Gasteiger partial charge in [0.05, 0.1) is 6.61 Å². The first-order valence-electron chi connectivity index (χ1n) is 3.94. The van der Waals surface area contributed by atoms with Crippen LogP contribution in [-0.4, -0.2) is 37.4 Å². The van der Waals surface area contributed by atoms with Crippen LogP contribution in [0.25, 0.3) is 0 Å². The Balaban J connectivity index is 4.94. The van der Waals surface area contributed by atoms with Crippen molar-refractivity contribution in [2.75, 3.05) is 12.9 Å². The monoisotopic (exact) mass is 208 g/mol. The van der Waals surface area contributed by atoms with Crippen molar-refractivity contribution >= 4 is 15.6 Å². The number of Topliss-reactive ketones (excluding diaryl/α,β-unsaturated/α-hetero) is 1. The van der Waals surface area contributed by atoms with Crippen molar-refractivity contribution in [3.63, 3.8) is 0 Å². The minimum absolute atomic E-state index is 0.447. The smallest absolute Gasteiger partial charge is 0.159 e. The molecule has 0 amide bonds. The van der Waals surface area contributed by atoms with Gasteiger partial charge in [0, 0.05) is 11.7 Å². The molecular weight excluding hydrogens is 192 g/mol. The molecule has 0 spiro atoms. The van der Waals surface area contributed by atoms with Crippen LogP contribution in [0.1, 0.15) is 20.8 Å². The molecule has 0 rings (SSSR count). The summed E-state index contributed by atoms with van der Waals surface area (Å²) in [6, 6.07) is 0. The van der Waals surface area contributed by atoms with E-state index in [-0.39, 0.29) is 0 Å². The molecule has 1 N–H and O–H groups in total. The fourth-order valence-corrected chi connectivity index (χ4v) is 1.91. The lowest BCUT2D eigenvalue weighted by molar-refractivity contribution is -0.126. The Kier molecular flexibility index (Phi) is 3.63. The van der Waals surface area contributed by atoms with E-state index in [4.69, 9.17) is 5.11 Å². The Labute approximate surface area is 78.9 Å². The van der Waals surface area contributed by atoms with Crippen LogP contribution in [0.4, 0.5) is 0 Å². The van der Waals surface area contributed by atoms with Crippen LogP contribution < -0.4 is 0 Å². The Bertz CT molecular complexity index is 284. The Morgan fingerprint density at radius 2 is 1.77 bits per heavy atom. The van der Waals surface area contributed by atoms with Crippen LogP contribution in [0, 0.1) is 5.41 Å². The second-order valence-electron chi connectivity index (χ2n) is 4.11. The molecule has 0 saturated heterocycles. The zero-order valence-corrected chi connectivity index (χ0v) is 9.18. The summed E-state index contributed by atoms with van der Waals surface area (Å²) in [5.74, 6) is -0.447. The highest BCUT2D eigenvalue weighted by Gasteiger charge is 2.35. The number of ketones is 1. The third kappa shape index (κ3) is 3.44. The van der Waals surface area contributed by atoms with Crippen molar-refractivity contribution < 1.29 is 18.3 Å². The number of hydrogen-bond acceptors (Lipinski definition) is 4. The first kappa shape index (κ1) is 12.6. The van der Waals surface area contributed by atoms with Gasteiger partial charge in [0.2, 0.25) is 0 Å². The minimum atomic E-state index is -3.50. The molecule has 0 aliphatic heterocycles. The second-order valence-corrected chi connectivity index (χ2v) is 6.34. The highest BCUT2D eigenvalue weighted by atomic mass is 32.2.